The number of hydrogen-bond donors (Lipinski definition) is 1. The summed E-state index contributed by atoms with van der Waals surface area (Å²) >= 11 is 0. The summed E-state index contributed by atoms with van der Waals surface area (Å²) in [7, 11) is 0. The molecule has 0 fully saturated rings. The third kappa shape index (κ3) is 2.36. The highest BCUT2D eigenvalue weighted by Crippen LogP contribution is 2.30. The van der Waals surface area contributed by atoms with Gasteiger partial charge < -0.3 is 14.3 Å². The molecule has 0 aliphatic heterocycles. The molecule has 0 amide bonds. The number of hydrogen-bond acceptors (Lipinski definition) is 4. The minimum Gasteiger partial charge on any atom is -0.507 e. The number of rotatable bonds is 3. The lowest BCUT2D eigenvalue weighted by molar-refractivity contribution is 0.304. The summed E-state index contributed by atoms with van der Waals surface area (Å²) in [5, 5.41) is 10.2. The van der Waals surface area contributed by atoms with Crippen LogP contribution in [0.15, 0.2) is 63.8 Å². The Labute approximate surface area is 114 Å². The Morgan fingerprint density at radius 3 is 2.65 bits per heavy atom. The van der Waals surface area contributed by atoms with E-state index in [0.29, 0.717) is 17.7 Å². The Balaban J connectivity index is 1.98. The Kier molecular flexibility index (Phi) is 3.13. The summed E-state index contributed by atoms with van der Waals surface area (Å²) in [6.45, 7) is 0.360. The highest BCUT2D eigenvalue weighted by atomic mass is 16.5. The molecule has 0 aliphatic rings. The second kappa shape index (κ2) is 5.09. The maximum Gasteiger partial charge on any atom is 0.340 e. The lowest BCUT2D eigenvalue weighted by Gasteiger charge is -2.08. The molecule has 0 atom stereocenters. The maximum absolute atomic E-state index is 11.3. The lowest BCUT2D eigenvalue weighted by atomic mass is 10.2. The van der Waals surface area contributed by atoms with Gasteiger partial charge in [0, 0.05) is 0 Å². The number of para-hydroxylation sites is 1. The van der Waals surface area contributed by atoms with Crippen LogP contribution in [0, 0.1) is 0 Å². The van der Waals surface area contributed by atoms with Gasteiger partial charge in [0.2, 0.25) is 0 Å². The highest BCUT2D eigenvalue weighted by Gasteiger charge is 2.09. The van der Waals surface area contributed by atoms with E-state index in [4.69, 9.17) is 9.15 Å². The molecule has 100 valence electrons. The first-order valence-corrected chi connectivity index (χ1v) is 6.16. The molecule has 4 heteroatoms. The SMILES string of the molecule is O=c1cc(O)c2cccc(OCc3ccccc3)c2o1. The van der Waals surface area contributed by atoms with Crippen molar-refractivity contribution in [2.45, 2.75) is 6.61 Å². The summed E-state index contributed by atoms with van der Waals surface area (Å²) < 4.78 is 10.8. The maximum atomic E-state index is 11.3. The molecule has 0 bridgehead atoms. The number of fused-ring (bicyclic) bond motifs is 1. The van der Waals surface area contributed by atoms with Gasteiger partial charge in [-0.2, -0.15) is 0 Å². The van der Waals surface area contributed by atoms with E-state index in [-0.39, 0.29) is 11.3 Å². The highest BCUT2D eigenvalue weighted by molar-refractivity contribution is 5.87. The smallest absolute Gasteiger partial charge is 0.340 e. The second-order valence-corrected chi connectivity index (χ2v) is 4.36. The lowest BCUT2D eigenvalue weighted by Crippen LogP contribution is -1.99. The first-order chi connectivity index (χ1) is 9.74. The van der Waals surface area contributed by atoms with E-state index in [1.54, 1.807) is 18.2 Å². The molecule has 0 aliphatic carbocycles. The van der Waals surface area contributed by atoms with Gasteiger partial charge in [0.25, 0.3) is 0 Å². The Morgan fingerprint density at radius 1 is 1.05 bits per heavy atom. The van der Waals surface area contributed by atoms with Crippen LogP contribution >= 0.6 is 0 Å². The molecule has 0 unspecified atom stereocenters. The monoisotopic (exact) mass is 268 g/mol. The molecule has 0 saturated carbocycles. The van der Waals surface area contributed by atoms with Crippen LogP contribution in [0.4, 0.5) is 0 Å². The van der Waals surface area contributed by atoms with E-state index >= 15 is 0 Å². The Morgan fingerprint density at radius 2 is 1.85 bits per heavy atom. The van der Waals surface area contributed by atoms with Crippen LogP contribution in [0.3, 0.4) is 0 Å². The fraction of sp³-hybridized carbons (Fsp3) is 0.0625. The van der Waals surface area contributed by atoms with Crippen LogP contribution < -0.4 is 10.4 Å². The van der Waals surface area contributed by atoms with Crippen molar-refractivity contribution < 1.29 is 14.3 Å². The van der Waals surface area contributed by atoms with Crippen molar-refractivity contribution >= 4 is 11.0 Å². The summed E-state index contributed by atoms with van der Waals surface area (Å²) in [6, 6.07) is 15.8. The van der Waals surface area contributed by atoms with Gasteiger partial charge >= 0.3 is 5.63 Å². The first-order valence-electron chi connectivity index (χ1n) is 6.16. The standard InChI is InChI=1S/C16H12O4/c17-13-9-15(18)20-16-12(13)7-4-8-14(16)19-10-11-5-2-1-3-6-11/h1-9,17H,10H2. The molecule has 1 aromatic heterocycles. The fourth-order valence-electron chi connectivity index (χ4n) is 1.99. The van der Waals surface area contributed by atoms with Gasteiger partial charge in [0.15, 0.2) is 11.3 Å². The van der Waals surface area contributed by atoms with Gasteiger partial charge in [-0.25, -0.2) is 4.79 Å². The van der Waals surface area contributed by atoms with E-state index in [0.717, 1.165) is 11.6 Å². The molecule has 3 aromatic rings. The van der Waals surface area contributed by atoms with Crippen LogP contribution in [0.1, 0.15) is 5.56 Å². The second-order valence-electron chi connectivity index (χ2n) is 4.36. The molecular formula is C16H12O4. The zero-order valence-electron chi connectivity index (χ0n) is 10.6. The van der Waals surface area contributed by atoms with Crippen LogP contribution in [-0.4, -0.2) is 5.11 Å². The van der Waals surface area contributed by atoms with Crippen molar-refractivity contribution in [2.75, 3.05) is 0 Å². The van der Waals surface area contributed by atoms with Crippen LogP contribution in [0.25, 0.3) is 11.0 Å². The van der Waals surface area contributed by atoms with Crippen molar-refractivity contribution in [1.82, 2.24) is 0 Å². The minimum atomic E-state index is -0.606. The molecule has 1 N–H and O–H groups in total. The molecular weight excluding hydrogens is 256 g/mol. The summed E-state index contributed by atoms with van der Waals surface area (Å²) in [4.78, 5) is 11.3. The zero-order chi connectivity index (χ0) is 13.9. The van der Waals surface area contributed by atoms with Crippen molar-refractivity contribution in [3.05, 3.63) is 70.6 Å². The third-order valence-corrected chi connectivity index (χ3v) is 2.95. The molecule has 1 heterocycles. The van der Waals surface area contributed by atoms with Gasteiger partial charge in [-0.15, -0.1) is 0 Å². The molecule has 0 radical (unpaired) electrons. The van der Waals surface area contributed by atoms with E-state index < -0.39 is 5.63 Å². The average Bonchev–Trinajstić information content (AvgIpc) is 2.46. The van der Waals surface area contributed by atoms with Gasteiger partial charge in [-0.1, -0.05) is 36.4 Å². The van der Waals surface area contributed by atoms with Crippen molar-refractivity contribution in [1.29, 1.82) is 0 Å². The largest absolute Gasteiger partial charge is 0.507 e. The Bertz CT molecular complexity index is 790. The third-order valence-electron chi connectivity index (χ3n) is 2.95. The average molecular weight is 268 g/mol. The van der Waals surface area contributed by atoms with Crippen molar-refractivity contribution in [3.63, 3.8) is 0 Å². The number of aromatic hydroxyl groups is 1. The van der Waals surface area contributed by atoms with Gasteiger partial charge in [-0.05, 0) is 17.7 Å². The molecule has 3 rings (SSSR count). The topological polar surface area (TPSA) is 59.7 Å². The quantitative estimate of drug-likeness (QED) is 0.741. The summed E-state index contributed by atoms with van der Waals surface area (Å²) in [5.41, 5.74) is 0.659. The van der Waals surface area contributed by atoms with Crippen LogP contribution in [-0.2, 0) is 6.61 Å². The zero-order valence-corrected chi connectivity index (χ0v) is 10.6. The van der Waals surface area contributed by atoms with E-state index in [2.05, 4.69) is 0 Å². The predicted molar refractivity (Wildman–Crippen MR) is 74.9 cm³/mol. The van der Waals surface area contributed by atoms with Crippen LogP contribution in [0.2, 0.25) is 0 Å². The minimum absolute atomic E-state index is 0.110. The summed E-state index contributed by atoms with van der Waals surface area (Å²) in [5.74, 6) is 0.320. The molecule has 2 aromatic carbocycles. The van der Waals surface area contributed by atoms with E-state index in [1.807, 2.05) is 30.3 Å². The van der Waals surface area contributed by atoms with E-state index in [1.165, 1.54) is 0 Å². The normalized spacial score (nSPS) is 10.6. The molecule has 4 nitrogen and oxygen atoms in total. The van der Waals surface area contributed by atoms with Crippen molar-refractivity contribution in [3.8, 4) is 11.5 Å². The Hall–Kier alpha value is -2.75. The van der Waals surface area contributed by atoms with Crippen LogP contribution in [0.5, 0.6) is 11.5 Å². The fourth-order valence-corrected chi connectivity index (χ4v) is 1.99. The predicted octanol–water partition coefficient (Wildman–Crippen LogP) is 3.08. The first kappa shape index (κ1) is 12.3. The number of ether oxygens (including phenoxy) is 1. The van der Waals surface area contributed by atoms with Gasteiger partial charge in [0.05, 0.1) is 11.5 Å². The molecule has 20 heavy (non-hydrogen) atoms. The van der Waals surface area contributed by atoms with E-state index in [9.17, 15) is 9.90 Å². The van der Waals surface area contributed by atoms with Gasteiger partial charge in [-0.3, -0.25) is 0 Å². The molecule has 0 saturated heterocycles. The number of benzene rings is 2. The van der Waals surface area contributed by atoms with Gasteiger partial charge in [0.1, 0.15) is 12.4 Å². The summed E-state index contributed by atoms with van der Waals surface area (Å²) in [6.07, 6.45) is 0. The molecule has 0 spiro atoms. The van der Waals surface area contributed by atoms with Crippen molar-refractivity contribution in [2.24, 2.45) is 0 Å².